The topological polar surface area (TPSA) is 38.5 Å². The minimum atomic E-state index is 0.713. The molecule has 0 atom stereocenters. The first-order valence-electron chi connectivity index (χ1n) is 7.38. The molecule has 0 radical (unpaired) electrons. The van der Waals surface area contributed by atoms with Gasteiger partial charge in [0.1, 0.15) is 5.75 Å². The Morgan fingerprint density at radius 3 is 2.48 bits per heavy atom. The highest BCUT2D eigenvalue weighted by molar-refractivity contribution is 5.60. The molecule has 0 aromatic heterocycles. The summed E-state index contributed by atoms with van der Waals surface area (Å²) in [5, 5.41) is 0. The van der Waals surface area contributed by atoms with Gasteiger partial charge in [-0.2, -0.15) is 0 Å². The number of nitrogens with zero attached hydrogens (tertiary/aromatic N) is 1. The molecule has 21 heavy (non-hydrogen) atoms. The molecule has 3 heteroatoms. The van der Waals surface area contributed by atoms with Gasteiger partial charge in [-0.05, 0) is 25.0 Å². The molecule has 2 aromatic rings. The van der Waals surface area contributed by atoms with Crippen molar-refractivity contribution in [3.05, 3.63) is 53.6 Å². The Kier molecular flexibility index (Phi) is 5.09. The zero-order valence-corrected chi connectivity index (χ0v) is 13.1. The summed E-state index contributed by atoms with van der Waals surface area (Å²) in [6.45, 7) is 5.75. The number of hydrogen-bond donors (Lipinski definition) is 1. The number of benzene rings is 2. The summed E-state index contributed by atoms with van der Waals surface area (Å²) < 4.78 is 5.69. The molecule has 0 fully saturated rings. The Balaban J connectivity index is 2.12. The van der Waals surface area contributed by atoms with Gasteiger partial charge in [-0.1, -0.05) is 36.8 Å². The van der Waals surface area contributed by atoms with E-state index in [1.807, 2.05) is 18.2 Å². The van der Waals surface area contributed by atoms with E-state index in [0.29, 0.717) is 6.61 Å². The maximum absolute atomic E-state index is 5.98. The molecule has 2 rings (SSSR count). The molecule has 2 aromatic carbocycles. The van der Waals surface area contributed by atoms with Crippen LogP contribution in [0.5, 0.6) is 5.75 Å². The van der Waals surface area contributed by atoms with Crippen molar-refractivity contribution in [3.63, 3.8) is 0 Å². The van der Waals surface area contributed by atoms with E-state index in [4.69, 9.17) is 10.5 Å². The van der Waals surface area contributed by atoms with E-state index in [9.17, 15) is 0 Å². The van der Waals surface area contributed by atoms with Crippen molar-refractivity contribution in [1.29, 1.82) is 0 Å². The molecule has 0 aliphatic rings. The molecule has 0 aliphatic carbocycles. The number of ether oxygens (including phenoxy) is 1. The normalized spacial score (nSPS) is 10.4. The van der Waals surface area contributed by atoms with Gasteiger partial charge in [-0.25, -0.2) is 0 Å². The predicted molar refractivity (Wildman–Crippen MR) is 89.9 cm³/mol. The van der Waals surface area contributed by atoms with Crippen molar-refractivity contribution in [2.45, 2.75) is 26.8 Å². The van der Waals surface area contributed by atoms with E-state index in [1.165, 1.54) is 11.1 Å². The van der Waals surface area contributed by atoms with Gasteiger partial charge in [-0.15, -0.1) is 0 Å². The average molecular weight is 284 g/mol. The van der Waals surface area contributed by atoms with Crippen LogP contribution in [0, 0.1) is 6.92 Å². The minimum absolute atomic E-state index is 0.713. The largest absolute Gasteiger partial charge is 0.493 e. The molecule has 2 N–H and O–H groups in total. The van der Waals surface area contributed by atoms with Crippen molar-refractivity contribution in [1.82, 2.24) is 0 Å². The molecule has 0 aliphatic heterocycles. The van der Waals surface area contributed by atoms with Crippen molar-refractivity contribution < 1.29 is 4.74 Å². The summed E-state index contributed by atoms with van der Waals surface area (Å²) in [5.41, 5.74) is 10.3. The van der Waals surface area contributed by atoms with Crippen molar-refractivity contribution >= 4 is 11.4 Å². The van der Waals surface area contributed by atoms with E-state index >= 15 is 0 Å². The van der Waals surface area contributed by atoms with Crippen LogP contribution >= 0.6 is 0 Å². The van der Waals surface area contributed by atoms with E-state index in [-0.39, 0.29) is 0 Å². The van der Waals surface area contributed by atoms with Gasteiger partial charge >= 0.3 is 0 Å². The number of nitrogen functional groups attached to an aromatic ring is 1. The van der Waals surface area contributed by atoms with Crippen molar-refractivity contribution in [3.8, 4) is 5.75 Å². The average Bonchev–Trinajstić information content (AvgIpc) is 2.47. The number of anilines is 2. The molecule has 0 amide bonds. The number of aryl methyl sites for hydroxylation is 1. The fourth-order valence-corrected chi connectivity index (χ4v) is 2.19. The maximum atomic E-state index is 5.98. The molecule has 112 valence electrons. The summed E-state index contributed by atoms with van der Waals surface area (Å²) in [7, 11) is 2.07. The van der Waals surface area contributed by atoms with Crippen LogP contribution < -0.4 is 15.4 Å². The SMILES string of the molecule is CCCOc1cc(N)cc(N(C)Cc2ccc(C)cc2)c1. The fraction of sp³-hybridized carbons (Fsp3) is 0.333. The highest BCUT2D eigenvalue weighted by Crippen LogP contribution is 2.26. The summed E-state index contributed by atoms with van der Waals surface area (Å²) in [6, 6.07) is 14.5. The fourth-order valence-electron chi connectivity index (χ4n) is 2.19. The third-order valence-corrected chi connectivity index (χ3v) is 3.37. The van der Waals surface area contributed by atoms with Gasteiger partial charge in [0.15, 0.2) is 0 Å². The first-order chi connectivity index (χ1) is 10.1. The van der Waals surface area contributed by atoms with Crippen LogP contribution in [0.3, 0.4) is 0 Å². The lowest BCUT2D eigenvalue weighted by Gasteiger charge is -2.21. The monoisotopic (exact) mass is 284 g/mol. The Hall–Kier alpha value is -2.16. The van der Waals surface area contributed by atoms with Crippen molar-refractivity contribution in [2.24, 2.45) is 0 Å². The Morgan fingerprint density at radius 2 is 1.81 bits per heavy atom. The molecule has 0 bridgehead atoms. The summed E-state index contributed by atoms with van der Waals surface area (Å²) in [5.74, 6) is 0.836. The van der Waals surface area contributed by atoms with Crippen LogP contribution in [0.4, 0.5) is 11.4 Å². The standard InChI is InChI=1S/C18H24N2O/c1-4-9-21-18-11-16(19)10-17(12-18)20(3)13-15-7-5-14(2)6-8-15/h5-8,10-12H,4,9,13,19H2,1-3H3. The smallest absolute Gasteiger partial charge is 0.123 e. The molecule has 0 saturated carbocycles. The van der Waals surface area contributed by atoms with Gasteiger partial charge in [0.25, 0.3) is 0 Å². The molecule has 0 spiro atoms. The number of nitrogens with two attached hydrogens (primary N) is 1. The highest BCUT2D eigenvalue weighted by atomic mass is 16.5. The van der Waals surface area contributed by atoms with Crippen LogP contribution in [0.1, 0.15) is 24.5 Å². The quantitative estimate of drug-likeness (QED) is 0.815. The van der Waals surface area contributed by atoms with Gasteiger partial charge in [0.05, 0.1) is 6.61 Å². The third-order valence-electron chi connectivity index (χ3n) is 3.37. The predicted octanol–water partition coefficient (Wildman–Crippen LogP) is 4.00. The van der Waals surface area contributed by atoms with Gasteiger partial charge in [0.2, 0.25) is 0 Å². The van der Waals surface area contributed by atoms with Crippen molar-refractivity contribution in [2.75, 3.05) is 24.3 Å². The second-order valence-electron chi connectivity index (χ2n) is 5.45. The molecular weight excluding hydrogens is 260 g/mol. The minimum Gasteiger partial charge on any atom is -0.493 e. The Morgan fingerprint density at radius 1 is 1.10 bits per heavy atom. The molecule has 0 unspecified atom stereocenters. The van der Waals surface area contributed by atoms with E-state index < -0.39 is 0 Å². The zero-order chi connectivity index (χ0) is 15.2. The van der Waals surface area contributed by atoms with Gasteiger partial charge in [-0.3, -0.25) is 0 Å². The van der Waals surface area contributed by atoms with Gasteiger partial charge in [0, 0.05) is 37.1 Å². The lowest BCUT2D eigenvalue weighted by molar-refractivity contribution is 0.317. The van der Waals surface area contributed by atoms with E-state index in [2.05, 4.69) is 50.1 Å². The van der Waals surface area contributed by atoms with Crippen LogP contribution in [-0.4, -0.2) is 13.7 Å². The summed E-state index contributed by atoms with van der Waals surface area (Å²) in [6.07, 6.45) is 0.989. The third kappa shape index (κ3) is 4.42. The molecular formula is C18H24N2O. The van der Waals surface area contributed by atoms with Crippen LogP contribution in [0.2, 0.25) is 0 Å². The molecule has 0 saturated heterocycles. The second kappa shape index (κ2) is 7.02. The maximum Gasteiger partial charge on any atom is 0.123 e. The van der Waals surface area contributed by atoms with E-state index in [1.54, 1.807) is 0 Å². The Labute approximate surface area is 127 Å². The lowest BCUT2D eigenvalue weighted by Crippen LogP contribution is -2.16. The number of rotatable bonds is 6. The zero-order valence-electron chi connectivity index (χ0n) is 13.1. The van der Waals surface area contributed by atoms with Crippen LogP contribution in [0.25, 0.3) is 0 Å². The molecule has 3 nitrogen and oxygen atoms in total. The number of hydrogen-bond acceptors (Lipinski definition) is 3. The summed E-state index contributed by atoms with van der Waals surface area (Å²) in [4.78, 5) is 2.18. The second-order valence-corrected chi connectivity index (χ2v) is 5.45. The highest BCUT2D eigenvalue weighted by Gasteiger charge is 2.06. The van der Waals surface area contributed by atoms with E-state index in [0.717, 1.165) is 30.1 Å². The van der Waals surface area contributed by atoms with Crippen LogP contribution in [-0.2, 0) is 6.54 Å². The first kappa shape index (κ1) is 15.2. The summed E-state index contributed by atoms with van der Waals surface area (Å²) >= 11 is 0. The molecule has 0 heterocycles. The Bertz CT molecular complexity index is 578. The first-order valence-corrected chi connectivity index (χ1v) is 7.38. The lowest BCUT2D eigenvalue weighted by atomic mass is 10.1. The van der Waals surface area contributed by atoms with Crippen LogP contribution in [0.15, 0.2) is 42.5 Å². The van der Waals surface area contributed by atoms with Gasteiger partial charge < -0.3 is 15.4 Å².